The number of aromatic nitrogens is 1. The van der Waals surface area contributed by atoms with Crippen LogP contribution in [0.2, 0.25) is 0 Å². The van der Waals surface area contributed by atoms with Gasteiger partial charge in [-0.2, -0.15) is 26.3 Å². The fourth-order valence-corrected chi connectivity index (χ4v) is 3.72. The van der Waals surface area contributed by atoms with Crippen LogP contribution in [0.4, 0.5) is 30.7 Å². The molecular weight excluding hydrogens is 477 g/mol. The van der Waals surface area contributed by atoms with Crippen molar-refractivity contribution in [2.24, 2.45) is 0 Å². The van der Waals surface area contributed by atoms with Crippen LogP contribution in [0, 0.1) is 5.82 Å². The average molecular weight is 492 g/mol. The fourth-order valence-electron chi connectivity index (χ4n) is 3.72. The number of halogens is 7. The van der Waals surface area contributed by atoms with Gasteiger partial charge in [-0.1, -0.05) is 30.3 Å². The zero-order chi connectivity index (χ0) is 25.4. The summed E-state index contributed by atoms with van der Waals surface area (Å²) in [6, 6.07) is 12.2. The van der Waals surface area contributed by atoms with E-state index in [1.54, 1.807) is 24.4 Å². The first kappa shape index (κ1) is 24.2. The Hall–Kier alpha value is -3.95. The lowest BCUT2D eigenvalue weighted by molar-refractivity contribution is -0.140. The third-order valence-electron chi connectivity index (χ3n) is 5.35. The summed E-state index contributed by atoms with van der Waals surface area (Å²) in [5, 5.41) is 3.01. The number of carbonyl (C=O) groups is 1. The maximum Gasteiger partial charge on any atom is 0.419 e. The van der Waals surface area contributed by atoms with E-state index in [0.717, 1.165) is 24.3 Å². The molecule has 180 valence electrons. The number of alkyl halides is 6. The molecule has 1 atom stereocenters. The standard InChI is InChI=1S/C25H15F7N2O/c26-20-13-15(7-9-19(20)25(30,31)32)22(17-5-1-2-6-18(17)24(27,28)29)34-23(35)16-8-10-21-14(12-16)4-3-11-33-21/h1-13,22H,(H,34,35)/t22-/m0/s1. The van der Waals surface area contributed by atoms with Gasteiger partial charge in [0.05, 0.1) is 22.7 Å². The van der Waals surface area contributed by atoms with Crippen molar-refractivity contribution in [1.29, 1.82) is 0 Å². The Labute approximate surface area is 194 Å². The smallest absolute Gasteiger partial charge is 0.341 e. The van der Waals surface area contributed by atoms with Crippen LogP contribution in [-0.4, -0.2) is 10.9 Å². The summed E-state index contributed by atoms with van der Waals surface area (Å²) in [5.74, 6) is -2.48. The Bertz CT molecular complexity index is 1400. The predicted molar refractivity (Wildman–Crippen MR) is 114 cm³/mol. The molecule has 4 aromatic rings. The molecule has 1 amide bonds. The second-order valence-corrected chi connectivity index (χ2v) is 7.64. The first-order chi connectivity index (χ1) is 16.4. The average Bonchev–Trinajstić information content (AvgIpc) is 2.80. The van der Waals surface area contributed by atoms with Crippen molar-refractivity contribution in [3.63, 3.8) is 0 Å². The van der Waals surface area contributed by atoms with E-state index in [-0.39, 0.29) is 11.1 Å². The summed E-state index contributed by atoms with van der Waals surface area (Å²) in [6.07, 6.45) is -8.28. The lowest BCUT2D eigenvalue weighted by atomic mass is 9.92. The van der Waals surface area contributed by atoms with Gasteiger partial charge in [0.15, 0.2) is 0 Å². The van der Waals surface area contributed by atoms with E-state index in [9.17, 15) is 35.5 Å². The molecule has 3 aromatic carbocycles. The highest BCUT2D eigenvalue weighted by Crippen LogP contribution is 2.38. The maximum atomic E-state index is 14.3. The van der Waals surface area contributed by atoms with E-state index in [1.807, 2.05) is 0 Å². The van der Waals surface area contributed by atoms with Gasteiger partial charge in [0.25, 0.3) is 5.91 Å². The first-order valence-corrected chi connectivity index (χ1v) is 10.1. The molecule has 1 heterocycles. The second kappa shape index (κ2) is 9.01. The number of amides is 1. The summed E-state index contributed by atoms with van der Waals surface area (Å²) in [4.78, 5) is 17.2. The molecule has 10 heteroatoms. The molecule has 0 fully saturated rings. The van der Waals surface area contributed by atoms with E-state index in [2.05, 4.69) is 10.3 Å². The van der Waals surface area contributed by atoms with Gasteiger partial charge in [-0.3, -0.25) is 9.78 Å². The minimum atomic E-state index is -5.00. The third kappa shape index (κ3) is 5.11. The molecule has 1 aromatic heterocycles. The van der Waals surface area contributed by atoms with Crippen LogP contribution in [0.3, 0.4) is 0 Å². The molecule has 4 rings (SSSR count). The molecule has 1 N–H and O–H groups in total. The number of hydrogen-bond acceptors (Lipinski definition) is 2. The maximum absolute atomic E-state index is 14.3. The van der Waals surface area contributed by atoms with Gasteiger partial charge >= 0.3 is 12.4 Å². The van der Waals surface area contributed by atoms with Gasteiger partial charge in [-0.05, 0) is 53.6 Å². The molecule has 0 bridgehead atoms. The summed E-state index contributed by atoms with van der Waals surface area (Å²) in [6.45, 7) is 0. The predicted octanol–water partition coefficient (Wildman–Crippen LogP) is 6.93. The van der Waals surface area contributed by atoms with Gasteiger partial charge in [0.1, 0.15) is 5.82 Å². The molecule has 0 unspecified atom stereocenters. The lowest BCUT2D eigenvalue weighted by Gasteiger charge is -2.24. The van der Waals surface area contributed by atoms with E-state index in [4.69, 9.17) is 0 Å². The summed E-state index contributed by atoms with van der Waals surface area (Å²) >= 11 is 0. The molecule has 0 saturated carbocycles. The number of fused-ring (bicyclic) bond motifs is 1. The SMILES string of the molecule is O=C(N[C@@H](c1ccc(C(F)(F)F)c(F)c1)c1ccccc1C(F)(F)F)c1ccc2ncccc2c1. The molecule has 0 aliphatic heterocycles. The van der Waals surface area contributed by atoms with Crippen LogP contribution in [-0.2, 0) is 12.4 Å². The van der Waals surface area contributed by atoms with Crippen molar-refractivity contribution in [2.75, 3.05) is 0 Å². The van der Waals surface area contributed by atoms with Crippen molar-refractivity contribution in [3.05, 3.63) is 113 Å². The van der Waals surface area contributed by atoms with Crippen LogP contribution in [0.25, 0.3) is 10.9 Å². The number of benzene rings is 3. The van der Waals surface area contributed by atoms with Crippen LogP contribution < -0.4 is 5.32 Å². The van der Waals surface area contributed by atoms with E-state index < -0.39 is 46.8 Å². The first-order valence-electron chi connectivity index (χ1n) is 10.1. The molecule has 0 aliphatic carbocycles. The highest BCUT2D eigenvalue weighted by molar-refractivity contribution is 5.98. The van der Waals surface area contributed by atoms with Gasteiger partial charge in [-0.25, -0.2) is 4.39 Å². The monoisotopic (exact) mass is 492 g/mol. The Morgan fingerprint density at radius 1 is 0.800 bits per heavy atom. The molecule has 0 radical (unpaired) electrons. The van der Waals surface area contributed by atoms with Gasteiger partial charge < -0.3 is 5.32 Å². The highest BCUT2D eigenvalue weighted by atomic mass is 19.4. The number of carbonyl (C=O) groups excluding carboxylic acids is 1. The molecule has 0 aliphatic rings. The summed E-state index contributed by atoms with van der Waals surface area (Å²) in [7, 11) is 0. The zero-order valence-corrected chi connectivity index (χ0v) is 17.6. The topological polar surface area (TPSA) is 42.0 Å². The fraction of sp³-hybridized carbons (Fsp3) is 0.120. The van der Waals surface area contributed by atoms with E-state index in [0.29, 0.717) is 23.0 Å². The Balaban J connectivity index is 1.81. The third-order valence-corrected chi connectivity index (χ3v) is 5.35. The zero-order valence-electron chi connectivity index (χ0n) is 17.6. The van der Waals surface area contributed by atoms with Crippen molar-refractivity contribution < 1.29 is 35.5 Å². The number of nitrogens with zero attached hydrogens (tertiary/aromatic N) is 1. The minimum absolute atomic E-state index is 0.0763. The van der Waals surface area contributed by atoms with Crippen molar-refractivity contribution in [3.8, 4) is 0 Å². The molecule has 3 nitrogen and oxygen atoms in total. The number of rotatable bonds is 4. The Kier molecular flexibility index (Phi) is 6.23. The Morgan fingerprint density at radius 2 is 1.51 bits per heavy atom. The molecule has 0 saturated heterocycles. The van der Waals surface area contributed by atoms with Gasteiger partial charge in [0, 0.05) is 17.1 Å². The van der Waals surface area contributed by atoms with Gasteiger partial charge in [0.2, 0.25) is 0 Å². The van der Waals surface area contributed by atoms with Crippen LogP contribution >= 0.6 is 0 Å². The minimum Gasteiger partial charge on any atom is -0.341 e. The van der Waals surface area contributed by atoms with Crippen molar-refractivity contribution >= 4 is 16.8 Å². The Morgan fingerprint density at radius 3 is 2.20 bits per heavy atom. The normalized spacial score (nSPS) is 13.0. The van der Waals surface area contributed by atoms with E-state index >= 15 is 0 Å². The van der Waals surface area contributed by atoms with Crippen LogP contribution in [0.5, 0.6) is 0 Å². The number of pyridine rings is 1. The van der Waals surface area contributed by atoms with Crippen molar-refractivity contribution in [2.45, 2.75) is 18.4 Å². The van der Waals surface area contributed by atoms with Crippen LogP contribution in [0.1, 0.15) is 38.7 Å². The molecule has 35 heavy (non-hydrogen) atoms. The highest BCUT2D eigenvalue weighted by Gasteiger charge is 2.37. The quantitative estimate of drug-likeness (QED) is 0.314. The largest absolute Gasteiger partial charge is 0.419 e. The summed E-state index contributed by atoms with van der Waals surface area (Å²) in [5.41, 5.74) is -2.77. The van der Waals surface area contributed by atoms with Crippen LogP contribution in [0.15, 0.2) is 79.0 Å². The lowest BCUT2D eigenvalue weighted by Crippen LogP contribution is -2.31. The number of nitrogens with one attached hydrogen (secondary N) is 1. The molecule has 0 spiro atoms. The second-order valence-electron chi connectivity index (χ2n) is 7.64. The number of hydrogen-bond donors (Lipinski definition) is 1. The van der Waals surface area contributed by atoms with Crippen molar-refractivity contribution in [1.82, 2.24) is 10.3 Å². The van der Waals surface area contributed by atoms with Gasteiger partial charge in [-0.15, -0.1) is 0 Å². The molecular formula is C25H15F7N2O. The summed E-state index contributed by atoms with van der Waals surface area (Å²) < 4.78 is 94.5. The van der Waals surface area contributed by atoms with E-state index in [1.165, 1.54) is 18.2 Å².